The Kier molecular flexibility index (Phi) is 5.29. The van der Waals surface area contributed by atoms with E-state index in [2.05, 4.69) is 0 Å². The molecule has 0 aliphatic carbocycles. The Hall–Kier alpha value is -2.38. The minimum absolute atomic E-state index is 0.143. The van der Waals surface area contributed by atoms with Gasteiger partial charge in [0.2, 0.25) is 0 Å². The second kappa shape index (κ2) is 7.47. The molecule has 136 valence electrons. The predicted octanol–water partition coefficient (Wildman–Crippen LogP) is 4.41. The van der Waals surface area contributed by atoms with E-state index in [1.165, 1.54) is 23.1 Å². The number of aryl methyl sites for hydroxylation is 1. The molecule has 0 unspecified atom stereocenters. The highest BCUT2D eigenvalue weighted by Gasteiger charge is 2.21. The van der Waals surface area contributed by atoms with Gasteiger partial charge in [-0.2, -0.15) is 0 Å². The number of carbonyl (C=O) groups excluding carboxylic acids is 2. The van der Waals surface area contributed by atoms with Crippen molar-refractivity contribution < 1.29 is 23.1 Å². The molecule has 1 aromatic carbocycles. The van der Waals surface area contributed by atoms with Gasteiger partial charge in [-0.25, -0.2) is 9.18 Å². The molecule has 1 amide bonds. The number of hydrogen-bond donors (Lipinski definition) is 0. The molecule has 26 heavy (non-hydrogen) atoms. The minimum atomic E-state index is -0.716. The summed E-state index contributed by atoms with van der Waals surface area (Å²) in [6.45, 7) is 1.66. The third-order valence-corrected chi connectivity index (χ3v) is 5.36. The molecule has 0 radical (unpaired) electrons. The lowest BCUT2D eigenvalue weighted by Gasteiger charge is -2.15. The van der Waals surface area contributed by atoms with Crippen LogP contribution in [-0.2, 0) is 16.1 Å². The van der Waals surface area contributed by atoms with Gasteiger partial charge < -0.3 is 14.1 Å². The van der Waals surface area contributed by atoms with Crippen LogP contribution < -0.4 is 0 Å². The summed E-state index contributed by atoms with van der Waals surface area (Å²) in [5.41, 5.74) is 0. The van der Waals surface area contributed by atoms with E-state index in [0.717, 1.165) is 17.1 Å². The predicted molar refractivity (Wildman–Crippen MR) is 97.0 cm³/mol. The zero-order chi connectivity index (χ0) is 18.8. The molecule has 3 aromatic rings. The molecule has 0 fully saturated rings. The van der Waals surface area contributed by atoms with Gasteiger partial charge in [0.25, 0.3) is 5.91 Å². The Morgan fingerprint density at radius 1 is 1.31 bits per heavy atom. The number of benzene rings is 1. The molecule has 2 aromatic heterocycles. The van der Waals surface area contributed by atoms with Crippen molar-refractivity contribution in [2.45, 2.75) is 13.5 Å². The molecule has 0 atom stereocenters. The topological polar surface area (TPSA) is 59.8 Å². The first-order valence-electron chi connectivity index (χ1n) is 7.69. The van der Waals surface area contributed by atoms with Crippen molar-refractivity contribution in [1.29, 1.82) is 0 Å². The van der Waals surface area contributed by atoms with Crippen LogP contribution in [0.15, 0.2) is 34.7 Å². The van der Waals surface area contributed by atoms with Gasteiger partial charge in [0.1, 0.15) is 22.2 Å². The minimum Gasteiger partial charge on any atom is -0.464 e. The number of nitrogens with zero attached hydrogens (tertiary/aromatic N) is 1. The molecular weight excluding hydrogens is 381 g/mol. The molecular formula is C18H15ClFNO4S. The average Bonchev–Trinajstić information content (AvgIpc) is 3.15. The van der Waals surface area contributed by atoms with Gasteiger partial charge in [0, 0.05) is 17.1 Å². The van der Waals surface area contributed by atoms with E-state index in [4.69, 9.17) is 20.8 Å². The number of rotatable bonds is 5. The molecule has 0 bridgehead atoms. The summed E-state index contributed by atoms with van der Waals surface area (Å²) >= 11 is 7.20. The first-order chi connectivity index (χ1) is 12.3. The lowest BCUT2D eigenvalue weighted by Crippen LogP contribution is -2.30. The van der Waals surface area contributed by atoms with E-state index in [9.17, 15) is 14.0 Å². The molecule has 3 rings (SSSR count). The maximum absolute atomic E-state index is 13.3. The Labute approximate surface area is 157 Å². The number of carbonyl (C=O) groups is 2. The first-order valence-corrected chi connectivity index (χ1v) is 8.88. The monoisotopic (exact) mass is 395 g/mol. The number of likely N-dealkylation sites (N-methyl/N-ethyl adjacent to an activating group) is 1. The Balaban J connectivity index is 1.63. The largest absolute Gasteiger partial charge is 0.464 e. The van der Waals surface area contributed by atoms with E-state index < -0.39 is 18.4 Å². The van der Waals surface area contributed by atoms with Gasteiger partial charge in [-0.3, -0.25) is 4.79 Å². The summed E-state index contributed by atoms with van der Waals surface area (Å²) in [6.07, 6.45) is 0. The van der Waals surface area contributed by atoms with Gasteiger partial charge in [-0.05, 0) is 37.3 Å². The highest BCUT2D eigenvalue weighted by molar-refractivity contribution is 7.21. The molecule has 0 aliphatic rings. The normalized spacial score (nSPS) is 10.9. The molecule has 0 N–H and O–H groups in total. The number of furan rings is 1. The summed E-state index contributed by atoms with van der Waals surface area (Å²) in [6, 6.07) is 7.66. The second-order valence-electron chi connectivity index (χ2n) is 5.72. The SMILES string of the molecule is Cc1ccc(CN(C)C(=O)COC(=O)c2sc3cc(F)ccc3c2Cl)o1. The van der Waals surface area contributed by atoms with Crippen LogP contribution in [0.5, 0.6) is 0 Å². The van der Waals surface area contributed by atoms with Crippen LogP contribution in [0, 0.1) is 12.7 Å². The fraction of sp³-hybridized carbons (Fsp3) is 0.222. The number of halogens is 2. The summed E-state index contributed by atoms with van der Waals surface area (Å²) in [4.78, 5) is 25.9. The highest BCUT2D eigenvalue weighted by Crippen LogP contribution is 2.36. The highest BCUT2D eigenvalue weighted by atomic mass is 35.5. The zero-order valence-corrected chi connectivity index (χ0v) is 15.6. The van der Waals surface area contributed by atoms with E-state index in [0.29, 0.717) is 15.8 Å². The van der Waals surface area contributed by atoms with Crippen LogP contribution in [-0.4, -0.2) is 30.4 Å². The van der Waals surface area contributed by atoms with Crippen LogP contribution in [0.4, 0.5) is 4.39 Å². The quantitative estimate of drug-likeness (QED) is 0.600. The number of thiophene rings is 1. The lowest BCUT2D eigenvalue weighted by atomic mass is 10.2. The van der Waals surface area contributed by atoms with E-state index in [1.807, 2.05) is 6.92 Å². The first kappa shape index (κ1) is 18.4. The van der Waals surface area contributed by atoms with Crippen LogP contribution in [0.25, 0.3) is 10.1 Å². The molecule has 0 aliphatic heterocycles. The number of hydrogen-bond acceptors (Lipinski definition) is 5. The summed E-state index contributed by atoms with van der Waals surface area (Å²) < 4.78 is 24.3. The van der Waals surface area contributed by atoms with Crippen molar-refractivity contribution in [1.82, 2.24) is 4.90 Å². The molecule has 0 saturated carbocycles. The standard InChI is InChI=1S/C18H15ClFNO4S/c1-10-3-5-12(25-10)8-21(2)15(22)9-24-18(23)17-16(19)13-6-4-11(20)7-14(13)26-17/h3-7H,8-9H2,1-2H3. The molecule has 0 spiro atoms. The Bertz CT molecular complexity index is 981. The molecule has 5 nitrogen and oxygen atoms in total. The van der Waals surface area contributed by atoms with E-state index >= 15 is 0 Å². The number of amides is 1. The fourth-order valence-corrected chi connectivity index (χ4v) is 3.79. The Morgan fingerprint density at radius 2 is 2.08 bits per heavy atom. The van der Waals surface area contributed by atoms with Crippen molar-refractivity contribution in [3.05, 3.63) is 57.6 Å². The summed E-state index contributed by atoms with van der Waals surface area (Å²) in [5.74, 6) is -0.120. The van der Waals surface area contributed by atoms with E-state index in [-0.39, 0.29) is 22.4 Å². The van der Waals surface area contributed by atoms with Crippen molar-refractivity contribution >= 4 is 44.9 Å². The van der Waals surface area contributed by atoms with E-state index in [1.54, 1.807) is 19.2 Å². The zero-order valence-electron chi connectivity index (χ0n) is 14.0. The van der Waals surface area contributed by atoms with Crippen LogP contribution in [0.2, 0.25) is 5.02 Å². The van der Waals surface area contributed by atoms with Gasteiger partial charge in [0.15, 0.2) is 6.61 Å². The number of esters is 1. The number of fused-ring (bicyclic) bond motifs is 1. The van der Waals surface area contributed by atoms with Gasteiger partial charge >= 0.3 is 5.97 Å². The lowest BCUT2D eigenvalue weighted by molar-refractivity contribution is -0.133. The molecule has 0 saturated heterocycles. The number of ether oxygens (including phenoxy) is 1. The van der Waals surface area contributed by atoms with Crippen molar-refractivity contribution in [2.24, 2.45) is 0 Å². The molecule has 2 heterocycles. The van der Waals surface area contributed by atoms with Crippen molar-refractivity contribution in [2.75, 3.05) is 13.7 Å². The second-order valence-corrected chi connectivity index (χ2v) is 7.15. The third kappa shape index (κ3) is 3.89. The maximum atomic E-state index is 13.3. The fourth-order valence-electron chi connectivity index (χ4n) is 2.37. The average molecular weight is 396 g/mol. The molecule has 8 heteroatoms. The van der Waals surface area contributed by atoms with Gasteiger partial charge in [0.05, 0.1) is 11.6 Å². The van der Waals surface area contributed by atoms with Gasteiger partial charge in [-0.1, -0.05) is 11.6 Å². The summed E-state index contributed by atoms with van der Waals surface area (Å²) in [5, 5.41) is 0.767. The van der Waals surface area contributed by atoms with Crippen LogP contribution in [0.1, 0.15) is 21.2 Å². The van der Waals surface area contributed by atoms with Gasteiger partial charge in [-0.15, -0.1) is 11.3 Å². The summed E-state index contributed by atoms with van der Waals surface area (Å²) in [7, 11) is 1.59. The van der Waals surface area contributed by atoms with Crippen LogP contribution >= 0.6 is 22.9 Å². The van der Waals surface area contributed by atoms with Crippen molar-refractivity contribution in [3.8, 4) is 0 Å². The smallest absolute Gasteiger partial charge is 0.350 e. The van der Waals surface area contributed by atoms with Crippen molar-refractivity contribution in [3.63, 3.8) is 0 Å². The third-order valence-electron chi connectivity index (χ3n) is 3.72. The Morgan fingerprint density at radius 3 is 2.77 bits per heavy atom. The maximum Gasteiger partial charge on any atom is 0.350 e. The van der Waals surface area contributed by atoms with Crippen LogP contribution in [0.3, 0.4) is 0 Å².